The van der Waals surface area contributed by atoms with Gasteiger partial charge in [0, 0.05) is 25.1 Å². The predicted octanol–water partition coefficient (Wildman–Crippen LogP) is 2.84. The number of nitrogens with zero attached hydrogens (tertiary/aromatic N) is 5. The smallest absolute Gasteiger partial charge is 0.258 e. The summed E-state index contributed by atoms with van der Waals surface area (Å²) in [5.74, 6) is 1.41. The van der Waals surface area contributed by atoms with Crippen LogP contribution in [0.1, 0.15) is 5.69 Å². The summed E-state index contributed by atoms with van der Waals surface area (Å²) >= 11 is 3.15. The lowest BCUT2D eigenvalue weighted by atomic mass is 10.4. The first-order valence-corrected chi connectivity index (χ1v) is 9.12. The highest BCUT2D eigenvalue weighted by atomic mass is 32.2. The quantitative estimate of drug-likeness (QED) is 0.527. The highest BCUT2D eigenvalue weighted by Gasteiger charge is 2.12. The van der Waals surface area contributed by atoms with Gasteiger partial charge in [-0.2, -0.15) is 0 Å². The zero-order valence-corrected chi connectivity index (χ0v) is 14.4. The molecule has 0 amide bonds. The van der Waals surface area contributed by atoms with Crippen molar-refractivity contribution in [2.45, 2.75) is 10.9 Å². The zero-order chi connectivity index (χ0) is 16.5. The van der Waals surface area contributed by atoms with E-state index >= 15 is 0 Å². The van der Waals surface area contributed by atoms with Crippen LogP contribution in [0.3, 0.4) is 0 Å². The molecule has 0 bridgehead atoms. The van der Waals surface area contributed by atoms with Gasteiger partial charge in [0.25, 0.3) is 5.56 Å². The fraction of sp³-hybridized carbons (Fsp3) is 0.125. The third-order valence-electron chi connectivity index (χ3n) is 3.55. The third kappa shape index (κ3) is 2.74. The molecule has 0 fully saturated rings. The maximum Gasteiger partial charge on any atom is 0.258 e. The Hall–Kier alpha value is -2.45. The zero-order valence-electron chi connectivity index (χ0n) is 12.8. The van der Waals surface area contributed by atoms with Crippen LogP contribution in [0.15, 0.2) is 57.9 Å². The Labute approximate surface area is 145 Å². The average Bonchev–Trinajstić information content (AvgIpc) is 3.23. The summed E-state index contributed by atoms with van der Waals surface area (Å²) in [5.41, 5.74) is 1.31. The topological polar surface area (TPSA) is 65.1 Å². The average molecular weight is 355 g/mol. The van der Waals surface area contributed by atoms with Crippen molar-refractivity contribution < 1.29 is 0 Å². The van der Waals surface area contributed by atoms with Crippen LogP contribution in [0.2, 0.25) is 0 Å². The van der Waals surface area contributed by atoms with Gasteiger partial charge in [-0.15, -0.1) is 21.5 Å². The molecule has 24 heavy (non-hydrogen) atoms. The molecule has 0 saturated carbocycles. The number of rotatable bonds is 4. The van der Waals surface area contributed by atoms with Crippen LogP contribution in [-0.2, 0) is 12.8 Å². The Morgan fingerprint density at radius 2 is 2.12 bits per heavy atom. The number of thioether (sulfide) groups is 1. The minimum absolute atomic E-state index is 0.0755. The van der Waals surface area contributed by atoms with E-state index in [1.165, 1.54) is 16.2 Å². The van der Waals surface area contributed by atoms with E-state index in [-0.39, 0.29) is 5.56 Å². The van der Waals surface area contributed by atoms with Crippen LogP contribution in [-0.4, -0.2) is 24.1 Å². The monoisotopic (exact) mass is 355 g/mol. The fourth-order valence-corrected chi connectivity index (χ4v) is 3.92. The minimum atomic E-state index is -0.0755. The first-order valence-electron chi connectivity index (χ1n) is 7.26. The first-order chi connectivity index (χ1) is 11.7. The Balaban J connectivity index is 1.59. The van der Waals surface area contributed by atoms with E-state index in [0.717, 1.165) is 21.6 Å². The van der Waals surface area contributed by atoms with Crippen molar-refractivity contribution in [2.75, 3.05) is 0 Å². The third-order valence-corrected chi connectivity index (χ3v) is 5.47. The Morgan fingerprint density at radius 3 is 2.96 bits per heavy atom. The highest BCUT2D eigenvalue weighted by Crippen LogP contribution is 2.27. The number of hydrogen-bond acceptors (Lipinski definition) is 6. The Bertz CT molecular complexity index is 1050. The van der Waals surface area contributed by atoms with Crippen molar-refractivity contribution in [3.8, 4) is 10.7 Å². The van der Waals surface area contributed by atoms with Crippen molar-refractivity contribution in [3.63, 3.8) is 0 Å². The second-order valence-corrected chi connectivity index (χ2v) is 7.04. The van der Waals surface area contributed by atoms with Crippen molar-refractivity contribution in [1.82, 2.24) is 24.1 Å². The molecule has 6 nitrogen and oxygen atoms in total. The van der Waals surface area contributed by atoms with Crippen LogP contribution >= 0.6 is 23.1 Å². The van der Waals surface area contributed by atoms with Crippen molar-refractivity contribution in [3.05, 3.63) is 64.0 Å². The molecule has 0 N–H and O–H groups in total. The van der Waals surface area contributed by atoms with Gasteiger partial charge in [0.05, 0.1) is 10.6 Å². The van der Waals surface area contributed by atoms with Crippen LogP contribution < -0.4 is 5.56 Å². The summed E-state index contributed by atoms with van der Waals surface area (Å²) in [6.45, 7) is 0. The lowest BCUT2D eigenvalue weighted by Gasteiger charge is -2.04. The van der Waals surface area contributed by atoms with Gasteiger partial charge in [0.2, 0.25) is 0 Å². The Kier molecular flexibility index (Phi) is 3.91. The molecule has 8 heteroatoms. The molecule has 4 heterocycles. The van der Waals surface area contributed by atoms with Gasteiger partial charge in [-0.25, -0.2) is 4.98 Å². The summed E-state index contributed by atoms with van der Waals surface area (Å²) in [6.07, 6.45) is 1.72. The molecule has 4 rings (SSSR count). The fourth-order valence-electron chi connectivity index (χ4n) is 2.38. The van der Waals surface area contributed by atoms with Gasteiger partial charge in [-0.1, -0.05) is 23.9 Å². The first kappa shape index (κ1) is 15.1. The highest BCUT2D eigenvalue weighted by molar-refractivity contribution is 7.98. The second kappa shape index (κ2) is 6.21. The summed E-state index contributed by atoms with van der Waals surface area (Å²) in [6, 6.07) is 11.1. The van der Waals surface area contributed by atoms with E-state index in [4.69, 9.17) is 0 Å². The molecule has 0 atom stereocenters. The molecule has 0 aromatic carbocycles. The Morgan fingerprint density at radius 1 is 1.21 bits per heavy atom. The van der Waals surface area contributed by atoms with Crippen LogP contribution in [0.4, 0.5) is 0 Å². The molecule has 4 aromatic rings. The van der Waals surface area contributed by atoms with Crippen molar-refractivity contribution in [1.29, 1.82) is 0 Å². The largest absolute Gasteiger partial charge is 0.304 e. The number of aromatic nitrogens is 5. The van der Waals surface area contributed by atoms with Crippen molar-refractivity contribution in [2.24, 2.45) is 7.05 Å². The maximum absolute atomic E-state index is 12.1. The molecule has 0 radical (unpaired) electrons. The van der Waals surface area contributed by atoms with Gasteiger partial charge < -0.3 is 4.57 Å². The molecule has 0 spiro atoms. The number of thiophene rings is 1. The van der Waals surface area contributed by atoms with Crippen molar-refractivity contribution >= 4 is 28.7 Å². The van der Waals surface area contributed by atoms with Gasteiger partial charge in [0.1, 0.15) is 5.65 Å². The molecule has 0 aliphatic carbocycles. The second-order valence-electron chi connectivity index (χ2n) is 5.15. The standard InChI is InChI=1S/C16H13N5OS2/c1-20-15(12-5-4-8-23-12)18-19-16(20)24-10-11-9-14(22)21-7-3-2-6-13(21)17-11/h2-9H,10H2,1H3. The molecule has 4 aromatic heterocycles. The van der Waals surface area contributed by atoms with E-state index in [0.29, 0.717) is 11.4 Å². The van der Waals surface area contributed by atoms with E-state index in [2.05, 4.69) is 15.2 Å². The van der Waals surface area contributed by atoms with Gasteiger partial charge in [0.15, 0.2) is 11.0 Å². The van der Waals surface area contributed by atoms with E-state index in [9.17, 15) is 4.79 Å². The lowest BCUT2D eigenvalue weighted by molar-refractivity contribution is 0.794. The van der Waals surface area contributed by atoms with E-state index in [1.807, 2.05) is 47.3 Å². The molecule has 0 aliphatic heterocycles. The molecule has 0 saturated heterocycles. The minimum Gasteiger partial charge on any atom is -0.304 e. The predicted molar refractivity (Wildman–Crippen MR) is 95.3 cm³/mol. The lowest BCUT2D eigenvalue weighted by Crippen LogP contribution is -2.14. The summed E-state index contributed by atoms with van der Waals surface area (Å²) in [4.78, 5) is 17.7. The molecular formula is C16H13N5OS2. The van der Waals surface area contributed by atoms with Crippen LogP contribution in [0.5, 0.6) is 0 Å². The number of fused-ring (bicyclic) bond motifs is 1. The molecule has 0 unspecified atom stereocenters. The molecule has 0 aliphatic rings. The summed E-state index contributed by atoms with van der Waals surface area (Å²) < 4.78 is 3.50. The van der Waals surface area contributed by atoms with Gasteiger partial charge in [-0.05, 0) is 23.6 Å². The van der Waals surface area contributed by atoms with Gasteiger partial charge in [-0.3, -0.25) is 9.20 Å². The van der Waals surface area contributed by atoms with E-state index in [1.54, 1.807) is 23.6 Å². The molecular weight excluding hydrogens is 342 g/mol. The van der Waals surface area contributed by atoms with Gasteiger partial charge >= 0.3 is 0 Å². The van der Waals surface area contributed by atoms with Crippen LogP contribution in [0.25, 0.3) is 16.3 Å². The van der Waals surface area contributed by atoms with Crippen LogP contribution in [0, 0.1) is 0 Å². The SMILES string of the molecule is Cn1c(SCc2cc(=O)n3ccccc3n2)nnc1-c1cccs1. The number of hydrogen-bond donors (Lipinski definition) is 0. The molecule has 120 valence electrons. The number of pyridine rings is 1. The summed E-state index contributed by atoms with van der Waals surface area (Å²) in [5, 5.41) is 11.3. The van der Waals surface area contributed by atoms with E-state index < -0.39 is 0 Å². The summed E-state index contributed by atoms with van der Waals surface area (Å²) in [7, 11) is 1.94. The maximum atomic E-state index is 12.1. The normalized spacial score (nSPS) is 11.2.